The topological polar surface area (TPSA) is 92.7 Å². The Labute approximate surface area is 159 Å². The summed E-state index contributed by atoms with van der Waals surface area (Å²) in [5.74, 6) is -0.522. The molecule has 0 spiro atoms. The Balaban J connectivity index is 1.82. The van der Waals surface area contributed by atoms with E-state index in [9.17, 15) is 14.4 Å². The molecule has 0 atom stereocenters. The Bertz CT molecular complexity index is 654. The van der Waals surface area contributed by atoms with Gasteiger partial charge in [-0.15, -0.1) is 0 Å². The monoisotopic (exact) mass is 376 g/mol. The average Bonchev–Trinajstić information content (AvgIpc) is 2.69. The molecule has 0 bridgehead atoms. The number of carbonyl (C=O) groups excluding carboxylic acids is 3. The number of esters is 1. The molecule has 2 amide bonds. The predicted molar refractivity (Wildman–Crippen MR) is 98.9 cm³/mol. The van der Waals surface area contributed by atoms with Crippen LogP contribution in [0.2, 0.25) is 0 Å². The van der Waals surface area contributed by atoms with Gasteiger partial charge < -0.3 is 14.5 Å². The van der Waals surface area contributed by atoms with Gasteiger partial charge in [0.25, 0.3) is 5.91 Å². The first-order chi connectivity index (χ1) is 13.0. The van der Waals surface area contributed by atoms with Crippen LogP contribution in [0, 0.1) is 12.8 Å². The van der Waals surface area contributed by atoms with E-state index in [1.165, 1.54) is 6.20 Å². The molecule has 1 aromatic heterocycles. The van der Waals surface area contributed by atoms with Gasteiger partial charge in [0.2, 0.25) is 5.91 Å². The molecule has 1 fully saturated rings. The Morgan fingerprint density at radius 2 is 1.89 bits per heavy atom. The van der Waals surface area contributed by atoms with Gasteiger partial charge in [0.15, 0.2) is 0 Å². The number of rotatable bonds is 7. The predicted octanol–water partition coefficient (Wildman–Crippen LogP) is 1.44. The molecule has 0 saturated carbocycles. The summed E-state index contributed by atoms with van der Waals surface area (Å²) >= 11 is 0. The number of hydrogen-bond acceptors (Lipinski definition) is 6. The van der Waals surface area contributed by atoms with Gasteiger partial charge in [-0.25, -0.2) is 4.98 Å². The van der Waals surface area contributed by atoms with Gasteiger partial charge in [0, 0.05) is 38.8 Å². The van der Waals surface area contributed by atoms with E-state index in [-0.39, 0.29) is 35.8 Å². The van der Waals surface area contributed by atoms with Gasteiger partial charge in [-0.3, -0.25) is 19.4 Å². The maximum Gasteiger partial charge on any atom is 0.309 e. The molecule has 1 saturated heterocycles. The summed E-state index contributed by atoms with van der Waals surface area (Å²) in [6, 6.07) is 0. The summed E-state index contributed by atoms with van der Waals surface area (Å²) in [6.45, 7) is 7.77. The molecular weight excluding hydrogens is 348 g/mol. The molecule has 2 rings (SSSR count). The van der Waals surface area contributed by atoms with Gasteiger partial charge in [-0.1, -0.05) is 0 Å². The van der Waals surface area contributed by atoms with Crippen LogP contribution in [-0.2, 0) is 14.3 Å². The van der Waals surface area contributed by atoms with Crippen molar-refractivity contribution in [1.29, 1.82) is 0 Å². The van der Waals surface area contributed by atoms with Crippen molar-refractivity contribution in [3.8, 4) is 0 Å². The summed E-state index contributed by atoms with van der Waals surface area (Å²) in [6.07, 6.45) is 4.52. The largest absolute Gasteiger partial charge is 0.466 e. The van der Waals surface area contributed by atoms with E-state index in [4.69, 9.17) is 4.74 Å². The fourth-order valence-corrected chi connectivity index (χ4v) is 3.08. The number of ether oxygens (including phenoxy) is 1. The molecule has 8 heteroatoms. The lowest BCUT2D eigenvalue weighted by Crippen LogP contribution is -2.42. The number of amides is 2. The standard InChI is InChI=1S/C19H28N4O4/c1-4-22(18(25)16-13-20-14(3)12-21-16)11-8-17(24)23-9-6-15(7-10-23)19(26)27-5-2/h12-13,15H,4-11H2,1-3H3. The van der Waals surface area contributed by atoms with E-state index in [1.54, 1.807) is 22.9 Å². The SMILES string of the molecule is CCOC(=O)C1CCN(C(=O)CCN(CC)C(=O)c2cnc(C)cn2)CC1. The zero-order valence-electron chi connectivity index (χ0n) is 16.3. The Hall–Kier alpha value is -2.51. The smallest absolute Gasteiger partial charge is 0.309 e. The molecule has 0 N–H and O–H groups in total. The highest BCUT2D eigenvalue weighted by atomic mass is 16.5. The summed E-state index contributed by atoms with van der Waals surface area (Å²) in [5.41, 5.74) is 1.03. The minimum atomic E-state index is -0.223. The van der Waals surface area contributed by atoms with Gasteiger partial charge in [0.1, 0.15) is 5.69 Å². The van der Waals surface area contributed by atoms with E-state index in [0.29, 0.717) is 45.6 Å². The summed E-state index contributed by atoms with van der Waals surface area (Å²) in [4.78, 5) is 48.3. The third-order valence-corrected chi connectivity index (χ3v) is 4.73. The maximum atomic E-state index is 12.5. The van der Waals surface area contributed by atoms with Gasteiger partial charge in [-0.2, -0.15) is 0 Å². The van der Waals surface area contributed by atoms with Gasteiger partial charge in [0.05, 0.1) is 24.4 Å². The highest BCUT2D eigenvalue weighted by Gasteiger charge is 2.28. The van der Waals surface area contributed by atoms with E-state index >= 15 is 0 Å². The quantitative estimate of drug-likeness (QED) is 0.669. The second kappa shape index (κ2) is 9.99. The minimum Gasteiger partial charge on any atom is -0.466 e. The number of likely N-dealkylation sites (tertiary alicyclic amines) is 1. The molecule has 0 radical (unpaired) electrons. The lowest BCUT2D eigenvalue weighted by atomic mass is 9.97. The van der Waals surface area contributed by atoms with Crippen molar-refractivity contribution in [2.45, 2.75) is 40.0 Å². The number of hydrogen-bond donors (Lipinski definition) is 0. The molecule has 0 unspecified atom stereocenters. The van der Waals surface area contributed by atoms with Crippen LogP contribution in [0.1, 0.15) is 49.3 Å². The Morgan fingerprint density at radius 1 is 1.19 bits per heavy atom. The molecule has 1 aliphatic heterocycles. The Kier molecular flexibility index (Phi) is 7.69. The zero-order valence-corrected chi connectivity index (χ0v) is 16.3. The molecule has 27 heavy (non-hydrogen) atoms. The van der Waals surface area contributed by atoms with Crippen LogP contribution in [0.4, 0.5) is 0 Å². The number of carbonyl (C=O) groups is 3. The van der Waals surface area contributed by atoms with Crippen LogP contribution < -0.4 is 0 Å². The molecule has 148 valence electrons. The molecular formula is C19H28N4O4. The first kappa shape index (κ1) is 20.8. The van der Waals surface area contributed by atoms with E-state index < -0.39 is 0 Å². The lowest BCUT2D eigenvalue weighted by Gasteiger charge is -2.31. The molecule has 1 aromatic rings. The highest BCUT2D eigenvalue weighted by molar-refractivity contribution is 5.92. The molecule has 0 aromatic carbocycles. The summed E-state index contributed by atoms with van der Waals surface area (Å²) in [7, 11) is 0. The lowest BCUT2D eigenvalue weighted by molar-refractivity contribution is -0.151. The fraction of sp³-hybridized carbons (Fsp3) is 0.632. The van der Waals surface area contributed by atoms with Crippen molar-refractivity contribution in [3.63, 3.8) is 0 Å². The first-order valence-electron chi connectivity index (χ1n) is 9.48. The molecule has 1 aliphatic rings. The highest BCUT2D eigenvalue weighted by Crippen LogP contribution is 2.19. The van der Waals surface area contributed by atoms with Crippen LogP contribution in [0.5, 0.6) is 0 Å². The second-order valence-electron chi connectivity index (χ2n) is 6.58. The van der Waals surface area contributed by atoms with Crippen LogP contribution >= 0.6 is 0 Å². The summed E-state index contributed by atoms with van der Waals surface area (Å²) in [5, 5.41) is 0. The van der Waals surface area contributed by atoms with E-state index in [0.717, 1.165) is 5.69 Å². The van der Waals surface area contributed by atoms with Crippen LogP contribution in [0.3, 0.4) is 0 Å². The molecule has 0 aliphatic carbocycles. The van der Waals surface area contributed by atoms with Crippen molar-refractivity contribution < 1.29 is 19.1 Å². The van der Waals surface area contributed by atoms with Crippen LogP contribution in [-0.4, -0.2) is 70.3 Å². The number of aryl methyl sites for hydroxylation is 1. The van der Waals surface area contributed by atoms with Crippen molar-refractivity contribution in [3.05, 3.63) is 23.8 Å². The van der Waals surface area contributed by atoms with Crippen LogP contribution in [0.25, 0.3) is 0 Å². The van der Waals surface area contributed by atoms with Crippen molar-refractivity contribution in [2.24, 2.45) is 5.92 Å². The Morgan fingerprint density at radius 3 is 2.44 bits per heavy atom. The van der Waals surface area contributed by atoms with Crippen molar-refractivity contribution >= 4 is 17.8 Å². The number of nitrogens with zero attached hydrogens (tertiary/aromatic N) is 4. The second-order valence-corrected chi connectivity index (χ2v) is 6.58. The molecule has 8 nitrogen and oxygen atoms in total. The van der Waals surface area contributed by atoms with E-state index in [1.807, 2.05) is 13.8 Å². The minimum absolute atomic E-state index is 0.00134. The van der Waals surface area contributed by atoms with E-state index in [2.05, 4.69) is 9.97 Å². The van der Waals surface area contributed by atoms with Crippen molar-refractivity contribution in [2.75, 3.05) is 32.8 Å². The maximum absolute atomic E-state index is 12.5. The summed E-state index contributed by atoms with van der Waals surface area (Å²) < 4.78 is 5.05. The molecule has 2 heterocycles. The number of piperidine rings is 1. The third kappa shape index (κ3) is 5.74. The third-order valence-electron chi connectivity index (χ3n) is 4.73. The first-order valence-corrected chi connectivity index (χ1v) is 9.48. The van der Waals surface area contributed by atoms with Gasteiger partial charge >= 0.3 is 5.97 Å². The van der Waals surface area contributed by atoms with Crippen LogP contribution in [0.15, 0.2) is 12.4 Å². The van der Waals surface area contributed by atoms with Gasteiger partial charge in [-0.05, 0) is 33.6 Å². The average molecular weight is 376 g/mol. The number of aromatic nitrogens is 2. The normalized spacial score (nSPS) is 14.7. The zero-order chi connectivity index (χ0) is 19.8. The fourth-order valence-electron chi connectivity index (χ4n) is 3.08. The van der Waals surface area contributed by atoms with Crippen molar-refractivity contribution in [1.82, 2.24) is 19.8 Å².